The van der Waals surface area contributed by atoms with Gasteiger partial charge in [-0.2, -0.15) is 0 Å². The Hall–Kier alpha value is -3.71. The Morgan fingerprint density at radius 2 is 1.88 bits per heavy atom. The molecular weight excluding hydrogens is 432 g/mol. The first-order chi connectivity index (χ1) is 15.5. The van der Waals surface area contributed by atoms with Gasteiger partial charge in [0.2, 0.25) is 5.91 Å². The maximum atomic E-state index is 13.2. The number of ether oxygens (including phenoxy) is 2. The molecule has 0 saturated carbocycles. The number of pyridine rings is 1. The second kappa shape index (κ2) is 9.20. The molecule has 2 aromatic carbocycles. The molecule has 0 aliphatic heterocycles. The minimum absolute atomic E-state index is 0.219. The first-order valence-electron chi connectivity index (χ1n) is 9.97. The molecule has 0 unspecified atom stereocenters. The van der Waals surface area contributed by atoms with E-state index >= 15 is 0 Å². The number of amides is 1. The van der Waals surface area contributed by atoms with E-state index in [1.807, 2.05) is 12.1 Å². The van der Waals surface area contributed by atoms with Crippen molar-refractivity contribution >= 4 is 28.5 Å². The van der Waals surface area contributed by atoms with Crippen LogP contribution in [-0.2, 0) is 4.79 Å². The van der Waals surface area contributed by atoms with Gasteiger partial charge >= 0.3 is 0 Å². The first-order valence-corrected chi connectivity index (χ1v) is 10.3. The molecule has 4 rings (SSSR count). The molecule has 0 aliphatic rings. The molecule has 164 valence electrons. The fourth-order valence-electron chi connectivity index (χ4n) is 3.35. The first kappa shape index (κ1) is 21.5. The van der Waals surface area contributed by atoms with Crippen LogP contribution in [0.2, 0.25) is 5.02 Å². The summed E-state index contributed by atoms with van der Waals surface area (Å²) >= 11 is 5.95. The molecule has 0 aliphatic carbocycles. The van der Waals surface area contributed by atoms with E-state index in [1.165, 1.54) is 11.7 Å². The molecule has 2 N–H and O–H groups in total. The summed E-state index contributed by atoms with van der Waals surface area (Å²) in [6.07, 6.45) is 2.41. The molecule has 0 fully saturated rings. The number of rotatable bonds is 8. The number of methoxy groups -OCH3 is 1. The largest absolute Gasteiger partial charge is 0.493 e. The smallest absolute Gasteiger partial charge is 0.266 e. The van der Waals surface area contributed by atoms with Crippen LogP contribution in [0.4, 0.5) is 0 Å². The normalized spacial score (nSPS) is 10.9. The van der Waals surface area contributed by atoms with Crippen LogP contribution in [0.15, 0.2) is 70.0 Å². The van der Waals surface area contributed by atoms with Gasteiger partial charge in [0.1, 0.15) is 11.3 Å². The molecule has 2 aromatic heterocycles. The monoisotopic (exact) mass is 452 g/mol. The summed E-state index contributed by atoms with van der Waals surface area (Å²) in [4.78, 5) is 24.0. The quantitative estimate of drug-likeness (QED) is 0.395. The third-order valence-electron chi connectivity index (χ3n) is 4.96. The van der Waals surface area contributed by atoms with Crippen molar-refractivity contribution in [2.45, 2.75) is 12.8 Å². The molecule has 7 nitrogen and oxygen atoms in total. The molecule has 2 heterocycles. The minimum Gasteiger partial charge on any atom is -0.493 e. The van der Waals surface area contributed by atoms with Gasteiger partial charge in [-0.3, -0.25) is 14.2 Å². The Morgan fingerprint density at radius 3 is 2.59 bits per heavy atom. The highest BCUT2D eigenvalue weighted by Gasteiger charge is 2.14. The van der Waals surface area contributed by atoms with Crippen molar-refractivity contribution in [1.82, 2.24) is 4.57 Å². The highest BCUT2D eigenvalue weighted by molar-refractivity contribution is 6.30. The summed E-state index contributed by atoms with van der Waals surface area (Å²) in [7, 11) is 1.52. The van der Waals surface area contributed by atoms with E-state index in [0.29, 0.717) is 52.0 Å². The van der Waals surface area contributed by atoms with Gasteiger partial charge in [-0.25, -0.2) is 0 Å². The van der Waals surface area contributed by atoms with E-state index in [2.05, 4.69) is 0 Å². The zero-order valence-corrected chi connectivity index (χ0v) is 18.1. The average Bonchev–Trinajstić information content (AvgIpc) is 3.23. The molecule has 1 amide bonds. The summed E-state index contributed by atoms with van der Waals surface area (Å²) in [6.45, 7) is 0.326. The zero-order valence-electron chi connectivity index (χ0n) is 17.3. The summed E-state index contributed by atoms with van der Waals surface area (Å²) in [5.41, 5.74) is 6.87. The highest BCUT2D eigenvalue weighted by Crippen LogP contribution is 2.31. The number of fused-ring (bicyclic) bond motifs is 1. The van der Waals surface area contributed by atoms with E-state index in [-0.39, 0.29) is 17.9 Å². The molecule has 0 atom stereocenters. The topological polar surface area (TPSA) is 96.7 Å². The molecule has 0 saturated heterocycles. The van der Waals surface area contributed by atoms with Crippen molar-refractivity contribution in [3.63, 3.8) is 0 Å². The van der Waals surface area contributed by atoms with Gasteiger partial charge in [0.05, 0.1) is 24.8 Å². The number of aromatic nitrogens is 1. The summed E-state index contributed by atoms with van der Waals surface area (Å²) in [5, 5.41) is 1.09. The number of carbonyl (C=O) groups is 1. The van der Waals surface area contributed by atoms with Crippen LogP contribution in [0.25, 0.3) is 28.0 Å². The summed E-state index contributed by atoms with van der Waals surface area (Å²) in [6, 6.07) is 15.9. The second-order valence-electron chi connectivity index (χ2n) is 7.14. The van der Waals surface area contributed by atoms with Crippen LogP contribution in [0.1, 0.15) is 12.8 Å². The predicted octanol–water partition coefficient (Wildman–Crippen LogP) is 4.56. The molecule has 0 spiro atoms. The number of nitrogens with zero attached hydrogens (tertiary/aromatic N) is 1. The molecule has 4 aromatic rings. The molecule has 0 bridgehead atoms. The van der Waals surface area contributed by atoms with Crippen molar-refractivity contribution in [2.24, 2.45) is 5.73 Å². The Balaban J connectivity index is 1.64. The van der Waals surface area contributed by atoms with E-state index < -0.39 is 0 Å². The van der Waals surface area contributed by atoms with Gasteiger partial charge in [-0.05, 0) is 55.0 Å². The van der Waals surface area contributed by atoms with Crippen LogP contribution in [0.3, 0.4) is 0 Å². The number of benzene rings is 2. The number of carbonyl (C=O) groups excluding carboxylic acids is 1. The maximum Gasteiger partial charge on any atom is 0.266 e. The van der Waals surface area contributed by atoms with Gasteiger partial charge in [0.15, 0.2) is 11.5 Å². The standard InChI is InChI=1S/C24H21ClN2O5/c1-30-22-13-17(8-9-20(22)31-12-2-3-23(26)28)27-11-10-19-18(24(27)29)14-21(32-19)15-4-6-16(25)7-5-15/h4-11,13-14H,2-3,12H2,1H3,(H2,26,28). The Morgan fingerprint density at radius 1 is 1.09 bits per heavy atom. The molecular formula is C24H21ClN2O5. The SMILES string of the molecule is COc1cc(-n2ccc3oc(-c4ccc(Cl)cc4)cc3c2=O)ccc1OCCCC(N)=O. The van der Waals surface area contributed by atoms with Crippen molar-refractivity contribution in [2.75, 3.05) is 13.7 Å². The predicted molar refractivity (Wildman–Crippen MR) is 123 cm³/mol. The molecule has 32 heavy (non-hydrogen) atoms. The highest BCUT2D eigenvalue weighted by atomic mass is 35.5. The Labute approximate surface area is 188 Å². The lowest BCUT2D eigenvalue weighted by atomic mass is 10.1. The van der Waals surface area contributed by atoms with Gasteiger partial charge in [0, 0.05) is 29.3 Å². The lowest BCUT2D eigenvalue weighted by Gasteiger charge is -2.13. The number of primary amides is 1. The lowest BCUT2D eigenvalue weighted by Crippen LogP contribution is -2.17. The minimum atomic E-state index is -0.371. The van der Waals surface area contributed by atoms with E-state index in [1.54, 1.807) is 48.7 Å². The zero-order chi connectivity index (χ0) is 22.7. The van der Waals surface area contributed by atoms with Gasteiger partial charge in [0.25, 0.3) is 5.56 Å². The number of halogens is 1. The third-order valence-corrected chi connectivity index (χ3v) is 5.22. The summed E-state index contributed by atoms with van der Waals surface area (Å²) in [5.74, 6) is 1.21. The number of hydrogen-bond acceptors (Lipinski definition) is 5. The number of nitrogens with two attached hydrogens (primary N) is 1. The third kappa shape index (κ3) is 4.48. The Kier molecular flexibility index (Phi) is 6.18. The van der Waals surface area contributed by atoms with Crippen LogP contribution in [0, 0.1) is 0 Å². The van der Waals surface area contributed by atoms with E-state index in [4.69, 9.17) is 31.2 Å². The average molecular weight is 453 g/mol. The molecule has 0 radical (unpaired) electrons. The van der Waals surface area contributed by atoms with E-state index in [9.17, 15) is 9.59 Å². The fraction of sp³-hybridized carbons (Fsp3) is 0.167. The van der Waals surface area contributed by atoms with Crippen molar-refractivity contribution in [3.8, 4) is 28.5 Å². The number of furan rings is 1. The van der Waals surface area contributed by atoms with Crippen molar-refractivity contribution in [3.05, 3.63) is 76.2 Å². The van der Waals surface area contributed by atoms with Crippen LogP contribution < -0.4 is 20.8 Å². The van der Waals surface area contributed by atoms with Gasteiger partial charge in [-0.15, -0.1) is 0 Å². The second-order valence-corrected chi connectivity index (χ2v) is 7.58. The number of hydrogen-bond donors (Lipinski definition) is 1. The van der Waals surface area contributed by atoms with Crippen molar-refractivity contribution in [1.29, 1.82) is 0 Å². The van der Waals surface area contributed by atoms with Crippen molar-refractivity contribution < 1.29 is 18.7 Å². The fourth-order valence-corrected chi connectivity index (χ4v) is 3.48. The van der Waals surface area contributed by atoms with Gasteiger partial charge < -0.3 is 19.6 Å². The lowest BCUT2D eigenvalue weighted by molar-refractivity contribution is -0.118. The van der Waals surface area contributed by atoms with Crippen LogP contribution >= 0.6 is 11.6 Å². The maximum absolute atomic E-state index is 13.2. The summed E-state index contributed by atoms with van der Waals surface area (Å²) < 4.78 is 18.5. The van der Waals surface area contributed by atoms with Gasteiger partial charge in [-0.1, -0.05) is 11.6 Å². The molecule has 8 heteroatoms. The Bertz CT molecular complexity index is 1320. The van der Waals surface area contributed by atoms with E-state index in [0.717, 1.165) is 5.56 Å². The van der Waals surface area contributed by atoms with Crippen LogP contribution in [-0.4, -0.2) is 24.2 Å². The van der Waals surface area contributed by atoms with Crippen LogP contribution in [0.5, 0.6) is 11.5 Å².